The van der Waals surface area contributed by atoms with E-state index in [9.17, 15) is 18.0 Å². The average Bonchev–Trinajstić information content (AvgIpc) is 2.86. The predicted molar refractivity (Wildman–Crippen MR) is 140 cm³/mol. The van der Waals surface area contributed by atoms with Gasteiger partial charge >= 0.3 is 6.18 Å². The number of hydrogen-bond donors (Lipinski definition) is 1. The zero-order chi connectivity index (χ0) is 25.7. The van der Waals surface area contributed by atoms with Crippen molar-refractivity contribution in [2.45, 2.75) is 39.3 Å². The number of hydrogen-bond acceptors (Lipinski definition) is 3. The summed E-state index contributed by atoms with van der Waals surface area (Å²) in [5, 5.41) is 4.02. The molecule has 0 atom stereocenters. The van der Waals surface area contributed by atoms with E-state index in [0.29, 0.717) is 28.1 Å². The summed E-state index contributed by atoms with van der Waals surface area (Å²) in [4.78, 5) is 16.8. The van der Waals surface area contributed by atoms with Gasteiger partial charge in [0.2, 0.25) is 0 Å². The van der Waals surface area contributed by atoms with E-state index in [1.54, 1.807) is 12.1 Å². The minimum atomic E-state index is -4.46. The Hall–Kier alpha value is -3.93. The van der Waals surface area contributed by atoms with E-state index in [0.717, 1.165) is 47.9 Å². The third kappa shape index (κ3) is 5.82. The number of alkyl halides is 3. The largest absolute Gasteiger partial charge is 0.416 e. The summed E-state index contributed by atoms with van der Waals surface area (Å²) in [6.45, 7) is 3.58. The molecule has 0 unspecified atom stereocenters. The van der Waals surface area contributed by atoms with Gasteiger partial charge in [-0.1, -0.05) is 55.8 Å². The number of fused-ring (bicyclic) bond motifs is 1. The normalized spacial score (nSPS) is 11.8. The molecule has 3 aromatic carbocycles. The van der Waals surface area contributed by atoms with Crippen LogP contribution >= 0.6 is 0 Å². The SMILES string of the molecule is CCCCc1ccc2nc(-c3ccccc3)c(/C=C/C(C)=O)c(Nc3cccc(C(F)(F)F)c3)c2c1. The maximum atomic E-state index is 13.4. The molecule has 0 radical (unpaired) electrons. The molecule has 0 spiro atoms. The van der Waals surface area contributed by atoms with Crippen LogP contribution in [-0.4, -0.2) is 10.8 Å². The minimum absolute atomic E-state index is 0.143. The highest BCUT2D eigenvalue weighted by Crippen LogP contribution is 2.38. The molecule has 4 aromatic rings. The Morgan fingerprint density at radius 2 is 1.78 bits per heavy atom. The molecule has 1 N–H and O–H groups in total. The molecule has 4 rings (SSSR count). The van der Waals surface area contributed by atoms with Crippen molar-refractivity contribution in [3.63, 3.8) is 0 Å². The fourth-order valence-electron chi connectivity index (χ4n) is 4.09. The number of halogens is 3. The Morgan fingerprint density at radius 3 is 2.47 bits per heavy atom. The van der Waals surface area contributed by atoms with Crippen molar-refractivity contribution in [2.75, 3.05) is 5.32 Å². The van der Waals surface area contributed by atoms with Crippen LogP contribution in [0.2, 0.25) is 0 Å². The molecule has 1 aromatic heterocycles. The summed E-state index contributed by atoms with van der Waals surface area (Å²) >= 11 is 0. The number of unbranched alkanes of at least 4 members (excludes halogenated alkanes) is 1. The number of benzene rings is 3. The predicted octanol–water partition coefficient (Wildman–Crippen LogP) is 8.61. The van der Waals surface area contributed by atoms with Gasteiger partial charge in [0.25, 0.3) is 0 Å². The first-order valence-electron chi connectivity index (χ1n) is 11.9. The van der Waals surface area contributed by atoms with Crippen LogP contribution in [-0.2, 0) is 17.4 Å². The van der Waals surface area contributed by atoms with Gasteiger partial charge in [-0.25, -0.2) is 4.98 Å². The first-order valence-corrected chi connectivity index (χ1v) is 11.9. The second-order valence-corrected chi connectivity index (χ2v) is 8.72. The van der Waals surface area contributed by atoms with Gasteiger partial charge in [-0.05, 0) is 67.8 Å². The van der Waals surface area contributed by atoms with E-state index in [4.69, 9.17) is 4.98 Å². The van der Waals surface area contributed by atoms with Gasteiger partial charge in [-0.3, -0.25) is 4.79 Å². The molecule has 0 bridgehead atoms. The monoisotopic (exact) mass is 488 g/mol. The highest BCUT2D eigenvalue weighted by molar-refractivity contribution is 6.03. The number of carbonyl (C=O) groups is 1. The molecule has 184 valence electrons. The van der Waals surface area contributed by atoms with Crippen LogP contribution in [0, 0.1) is 0 Å². The van der Waals surface area contributed by atoms with Crippen molar-refractivity contribution in [3.8, 4) is 11.3 Å². The van der Waals surface area contributed by atoms with Crippen molar-refractivity contribution in [1.82, 2.24) is 4.98 Å². The fraction of sp³-hybridized carbons (Fsp3) is 0.200. The van der Waals surface area contributed by atoms with E-state index >= 15 is 0 Å². The average molecular weight is 489 g/mol. The number of pyridine rings is 1. The van der Waals surface area contributed by atoms with Crippen molar-refractivity contribution >= 4 is 34.1 Å². The van der Waals surface area contributed by atoms with Gasteiger partial charge in [0.1, 0.15) is 0 Å². The number of anilines is 2. The van der Waals surface area contributed by atoms with Crippen molar-refractivity contribution < 1.29 is 18.0 Å². The molecule has 36 heavy (non-hydrogen) atoms. The van der Waals surface area contributed by atoms with Gasteiger partial charge in [-0.2, -0.15) is 13.2 Å². The smallest absolute Gasteiger partial charge is 0.354 e. The molecule has 0 amide bonds. The fourth-order valence-corrected chi connectivity index (χ4v) is 4.09. The lowest BCUT2D eigenvalue weighted by Gasteiger charge is -2.18. The minimum Gasteiger partial charge on any atom is -0.354 e. The number of aryl methyl sites for hydroxylation is 1. The van der Waals surface area contributed by atoms with Gasteiger partial charge in [0.15, 0.2) is 5.78 Å². The van der Waals surface area contributed by atoms with Crippen LogP contribution in [0.5, 0.6) is 0 Å². The molecule has 0 saturated heterocycles. The molecule has 1 heterocycles. The van der Waals surface area contributed by atoms with E-state index in [1.165, 1.54) is 19.1 Å². The Morgan fingerprint density at radius 1 is 1.00 bits per heavy atom. The Kier molecular flexibility index (Phi) is 7.53. The molecule has 0 fully saturated rings. The molecule has 0 saturated carbocycles. The molecular weight excluding hydrogens is 461 g/mol. The summed E-state index contributed by atoms with van der Waals surface area (Å²) in [5.41, 5.74) is 4.10. The van der Waals surface area contributed by atoms with Gasteiger partial charge in [0, 0.05) is 22.2 Å². The second kappa shape index (κ2) is 10.8. The lowest BCUT2D eigenvalue weighted by molar-refractivity contribution is -0.137. The van der Waals surface area contributed by atoms with Crippen LogP contribution < -0.4 is 5.32 Å². The number of nitrogens with one attached hydrogen (secondary N) is 1. The first kappa shape index (κ1) is 25.2. The summed E-state index contributed by atoms with van der Waals surface area (Å²) in [7, 11) is 0. The standard InChI is InChI=1S/C30H27F3N2O/c1-3-4-9-21-15-17-27-26(18-21)29(34-24-13-8-12-23(19-24)30(31,32)33)25(16-14-20(2)36)28(35-27)22-10-6-5-7-11-22/h5-8,10-19H,3-4,9H2,1-2H3,(H,34,35)/b16-14+. The topological polar surface area (TPSA) is 42.0 Å². The molecule has 0 aliphatic carbocycles. The number of allylic oxidation sites excluding steroid dienone is 1. The molecular formula is C30H27F3N2O. The first-order chi connectivity index (χ1) is 17.3. The Labute approximate surface area is 208 Å². The maximum absolute atomic E-state index is 13.4. The summed E-state index contributed by atoms with van der Waals surface area (Å²) < 4.78 is 40.3. The van der Waals surface area contributed by atoms with Crippen molar-refractivity contribution in [1.29, 1.82) is 0 Å². The number of aromatic nitrogens is 1. The van der Waals surface area contributed by atoms with Crippen molar-refractivity contribution in [2.24, 2.45) is 0 Å². The maximum Gasteiger partial charge on any atom is 0.416 e. The Balaban J connectivity index is 1.99. The number of nitrogens with zero attached hydrogens (tertiary/aromatic N) is 1. The van der Waals surface area contributed by atoms with Crippen LogP contribution in [0.4, 0.5) is 24.5 Å². The van der Waals surface area contributed by atoms with Gasteiger partial charge < -0.3 is 5.32 Å². The second-order valence-electron chi connectivity index (χ2n) is 8.72. The third-order valence-corrected chi connectivity index (χ3v) is 5.90. The van der Waals surface area contributed by atoms with Crippen LogP contribution in [0.15, 0.2) is 78.9 Å². The van der Waals surface area contributed by atoms with E-state index in [1.807, 2.05) is 48.5 Å². The quantitative estimate of drug-likeness (QED) is 0.253. The van der Waals surface area contributed by atoms with Gasteiger partial charge in [0.05, 0.1) is 22.5 Å². The van der Waals surface area contributed by atoms with E-state index < -0.39 is 11.7 Å². The summed E-state index contributed by atoms with van der Waals surface area (Å²) in [5.74, 6) is -0.143. The highest BCUT2D eigenvalue weighted by Gasteiger charge is 2.30. The molecule has 3 nitrogen and oxygen atoms in total. The van der Waals surface area contributed by atoms with E-state index in [2.05, 4.69) is 12.2 Å². The van der Waals surface area contributed by atoms with Crippen LogP contribution in [0.1, 0.15) is 43.4 Å². The zero-order valence-electron chi connectivity index (χ0n) is 20.2. The summed E-state index contributed by atoms with van der Waals surface area (Å²) in [6.07, 6.45) is 1.63. The number of ketones is 1. The van der Waals surface area contributed by atoms with E-state index in [-0.39, 0.29) is 5.78 Å². The number of carbonyl (C=O) groups excluding carboxylic acids is 1. The van der Waals surface area contributed by atoms with Crippen LogP contribution in [0.25, 0.3) is 28.2 Å². The highest BCUT2D eigenvalue weighted by atomic mass is 19.4. The lowest BCUT2D eigenvalue weighted by Crippen LogP contribution is -2.06. The number of rotatable bonds is 8. The third-order valence-electron chi connectivity index (χ3n) is 5.90. The molecule has 6 heteroatoms. The Bertz CT molecular complexity index is 1410. The molecule has 0 aliphatic rings. The van der Waals surface area contributed by atoms with Crippen molar-refractivity contribution in [3.05, 3.63) is 95.6 Å². The molecule has 0 aliphatic heterocycles. The van der Waals surface area contributed by atoms with Gasteiger partial charge in [-0.15, -0.1) is 0 Å². The lowest BCUT2D eigenvalue weighted by atomic mass is 9.97. The summed E-state index contributed by atoms with van der Waals surface area (Å²) in [6, 6.07) is 20.7. The van der Waals surface area contributed by atoms with Crippen LogP contribution in [0.3, 0.4) is 0 Å². The zero-order valence-corrected chi connectivity index (χ0v) is 20.2.